The monoisotopic (exact) mass is 332 g/mol. The average Bonchev–Trinajstić information content (AvgIpc) is 3.00. The number of aryl methyl sites for hydroxylation is 2. The molecule has 0 saturated carbocycles. The lowest BCUT2D eigenvalue weighted by Gasteiger charge is -2.10. The summed E-state index contributed by atoms with van der Waals surface area (Å²) in [6.45, 7) is 0.891. The second-order valence-corrected chi connectivity index (χ2v) is 6.25. The van der Waals surface area contributed by atoms with Crippen LogP contribution in [0.25, 0.3) is 22.4 Å². The summed E-state index contributed by atoms with van der Waals surface area (Å²) in [6, 6.07) is 26.7. The van der Waals surface area contributed by atoms with E-state index >= 15 is 0 Å². The lowest BCUT2D eigenvalue weighted by atomic mass is 10.1. The second-order valence-electron chi connectivity index (χ2n) is 5.82. The summed E-state index contributed by atoms with van der Waals surface area (Å²) in [7, 11) is 0. The van der Waals surface area contributed by atoms with Crippen molar-refractivity contribution in [1.29, 1.82) is 0 Å². The average molecular weight is 333 g/mol. The molecule has 3 heteroatoms. The fourth-order valence-electron chi connectivity index (χ4n) is 3.01. The van der Waals surface area contributed by atoms with Crippen LogP contribution in [0.3, 0.4) is 0 Å². The van der Waals surface area contributed by atoms with E-state index in [1.807, 2.05) is 30.3 Å². The molecule has 0 N–H and O–H groups in total. The highest BCUT2D eigenvalue weighted by Crippen LogP contribution is 2.26. The SMILES string of the molecule is Clc1ccc(-c2nc3ccccc3n2CCc2ccccc2)cc1. The van der Waals surface area contributed by atoms with Crippen molar-refractivity contribution in [2.45, 2.75) is 13.0 Å². The first-order valence-electron chi connectivity index (χ1n) is 8.06. The number of benzene rings is 3. The van der Waals surface area contributed by atoms with E-state index in [1.54, 1.807) is 0 Å². The van der Waals surface area contributed by atoms with Gasteiger partial charge >= 0.3 is 0 Å². The number of nitrogens with zero attached hydrogens (tertiary/aromatic N) is 2. The van der Waals surface area contributed by atoms with Gasteiger partial charge in [0.05, 0.1) is 11.0 Å². The van der Waals surface area contributed by atoms with Gasteiger partial charge in [-0.25, -0.2) is 4.98 Å². The van der Waals surface area contributed by atoms with Crippen LogP contribution >= 0.6 is 11.6 Å². The Kier molecular flexibility index (Phi) is 4.06. The standard InChI is InChI=1S/C21H17ClN2/c22-18-12-10-17(11-13-18)21-23-19-8-4-5-9-20(19)24(21)15-14-16-6-2-1-3-7-16/h1-13H,14-15H2. The number of imidazole rings is 1. The van der Waals surface area contributed by atoms with Gasteiger partial charge in [-0.1, -0.05) is 54.1 Å². The number of para-hydroxylation sites is 2. The van der Waals surface area contributed by atoms with Gasteiger partial charge in [-0.15, -0.1) is 0 Å². The third-order valence-corrected chi connectivity index (χ3v) is 4.48. The summed E-state index contributed by atoms with van der Waals surface area (Å²) in [5.74, 6) is 0.990. The van der Waals surface area contributed by atoms with Crippen molar-refractivity contribution in [2.24, 2.45) is 0 Å². The first kappa shape index (κ1) is 15.0. The maximum atomic E-state index is 6.03. The van der Waals surface area contributed by atoms with E-state index in [-0.39, 0.29) is 0 Å². The van der Waals surface area contributed by atoms with Gasteiger partial charge in [-0.05, 0) is 48.4 Å². The number of hydrogen-bond acceptors (Lipinski definition) is 1. The van der Waals surface area contributed by atoms with E-state index in [0.29, 0.717) is 0 Å². The van der Waals surface area contributed by atoms with Crippen molar-refractivity contribution >= 4 is 22.6 Å². The summed E-state index contributed by atoms with van der Waals surface area (Å²) < 4.78 is 2.30. The smallest absolute Gasteiger partial charge is 0.141 e. The third-order valence-electron chi connectivity index (χ3n) is 4.22. The Morgan fingerprint density at radius 1 is 0.792 bits per heavy atom. The van der Waals surface area contributed by atoms with Crippen LogP contribution in [0.5, 0.6) is 0 Å². The van der Waals surface area contributed by atoms with Crippen molar-refractivity contribution in [2.75, 3.05) is 0 Å². The molecule has 3 aromatic carbocycles. The molecule has 4 aromatic rings. The van der Waals surface area contributed by atoms with Crippen molar-refractivity contribution in [1.82, 2.24) is 9.55 Å². The van der Waals surface area contributed by atoms with Crippen LogP contribution in [0.4, 0.5) is 0 Å². The van der Waals surface area contributed by atoms with E-state index in [1.165, 1.54) is 11.1 Å². The van der Waals surface area contributed by atoms with Crippen molar-refractivity contribution < 1.29 is 0 Å². The molecular weight excluding hydrogens is 316 g/mol. The molecule has 1 aromatic heterocycles. The molecule has 0 unspecified atom stereocenters. The molecule has 0 aliphatic rings. The first-order valence-corrected chi connectivity index (χ1v) is 8.44. The molecule has 0 radical (unpaired) electrons. The van der Waals surface area contributed by atoms with Crippen LogP contribution in [0.1, 0.15) is 5.56 Å². The van der Waals surface area contributed by atoms with Crippen molar-refractivity contribution in [3.8, 4) is 11.4 Å². The van der Waals surface area contributed by atoms with Crippen LogP contribution < -0.4 is 0 Å². The molecule has 0 aliphatic heterocycles. The summed E-state index contributed by atoms with van der Waals surface area (Å²) in [5, 5.41) is 0.741. The lowest BCUT2D eigenvalue weighted by molar-refractivity contribution is 0.723. The zero-order valence-electron chi connectivity index (χ0n) is 13.2. The highest BCUT2D eigenvalue weighted by atomic mass is 35.5. The van der Waals surface area contributed by atoms with Gasteiger partial charge in [0.2, 0.25) is 0 Å². The van der Waals surface area contributed by atoms with Crippen LogP contribution in [0.2, 0.25) is 5.02 Å². The predicted molar refractivity (Wildman–Crippen MR) is 100 cm³/mol. The maximum Gasteiger partial charge on any atom is 0.141 e. The van der Waals surface area contributed by atoms with Crippen LogP contribution in [0, 0.1) is 0 Å². The minimum atomic E-state index is 0.741. The molecule has 0 aliphatic carbocycles. The quantitative estimate of drug-likeness (QED) is 0.475. The number of rotatable bonds is 4. The minimum Gasteiger partial charge on any atom is -0.324 e. The van der Waals surface area contributed by atoms with Crippen molar-refractivity contribution in [3.63, 3.8) is 0 Å². The molecule has 1 heterocycles. The topological polar surface area (TPSA) is 17.8 Å². The summed E-state index contributed by atoms with van der Waals surface area (Å²) >= 11 is 6.03. The highest BCUT2D eigenvalue weighted by molar-refractivity contribution is 6.30. The zero-order valence-corrected chi connectivity index (χ0v) is 13.9. The van der Waals surface area contributed by atoms with Gasteiger partial charge in [-0.2, -0.15) is 0 Å². The predicted octanol–water partition coefficient (Wildman–Crippen LogP) is 5.60. The summed E-state index contributed by atoms with van der Waals surface area (Å²) in [6.07, 6.45) is 0.974. The second kappa shape index (κ2) is 6.50. The largest absolute Gasteiger partial charge is 0.324 e. The molecule has 0 spiro atoms. The molecule has 0 bridgehead atoms. The number of hydrogen-bond donors (Lipinski definition) is 0. The molecule has 0 amide bonds. The van der Waals surface area contributed by atoms with E-state index in [9.17, 15) is 0 Å². The van der Waals surface area contributed by atoms with Crippen LogP contribution in [0.15, 0.2) is 78.9 Å². The Bertz CT molecular complexity index is 956. The Labute approximate surface area is 146 Å². The maximum absolute atomic E-state index is 6.03. The fourth-order valence-corrected chi connectivity index (χ4v) is 3.13. The highest BCUT2D eigenvalue weighted by Gasteiger charge is 2.12. The zero-order chi connectivity index (χ0) is 16.4. The molecule has 4 rings (SSSR count). The number of aromatic nitrogens is 2. The van der Waals surface area contributed by atoms with Crippen LogP contribution in [-0.2, 0) is 13.0 Å². The van der Waals surface area contributed by atoms with E-state index in [2.05, 4.69) is 53.1 Å². The summed E-state index contributed by atoms with van der Waals surface area (Å²) in [4.78, 5) is 4.84. The molecule has 0 fully saturated rings. The molecule has 0 saturated heterocycles. The van der Waals surface area contributed by atoms with Gasteiger partial charge in [-0.3, -0.25) is 0 Å². The molecule has 24 heavy (non-hydrogen) atoms. The molecule has 118 valence electrons. The van der Waals surface area contributed by atoms with E-state index in [4.69, 9.17) is 16.6 Å². The molecule has 0 atom stereocenters. The Hall–Kier alpha value is -2.58. The van der Waals surface area contributed by atoms with Gasteiger partial charge in [0.1, 0.15) is 5.82 Å². The molecular formula is C21H17ClN2. The Morgan fingerprint density at radius 2 is 1.50 bits per heavy atom. The van der Waals surface area contributed by atoms with Gasteiger partial charge in [0.25, 0.3) is 0 Å². The summed E-state index contributed by atoms with van der Waals surface area (Å²) in [5.41, 5.74) is 4.61. The van der Waals surface area contributed by atoms with E-state index in [0.717, 1.165) is 34.9 Å². The van der Waals surface area contributed by atoms with Gasteiger partial charge < -0.3 is 4.57 Å². The van der Waals surface area contributed by atoms with Gasteiger partial charge in [0.15, 0.2) is 0 Å². The van der Waals surface area contributed by atoms with Crippen molar-refractivity contribution in [3.05, 3.63) is 89.4 Å². The number of halogens is 1. The number of fused-ring (bicyclic) bond motifs is 1. The van der Waals surface area contributed by atoms with Gasteiger partial charge in [0, 0.05) is 17.1 Å². The van der Waals surface area contributed by atoms with E-state index < -0.39 is 0 Å². The minimum absolute atomic E-state index is 0.741. The molecule has 2 nitrogen and oxygen atoms in total. The Balaban J connectivity index is 1.77. The first-order chi connectivity index (χ1) is 11.8. The lowest BCUT2D eigenvalue weighted by Crippen LogP contribution is -2.03. The fraction of sp³-hybridized carbons (Fsp3) is 0.0952. The van der Waals surface area contributed by atoms with Crippen LogP contribution in [-0.4, -0.2) is 9.55 Å². The third kappa shape index (κ3) is 2.93. The Morgan fingerprint density at radius 3 is 2.29 bits per heavy atom. The normalized spacial score (nSPS) is 11.0.